The summed E-state index contributed by atoms with van der Waals surface area (Å²) in [6.45, 7) is 6.03. The van der Waals surface area contributed by atoms with Gasteiger partial charge in [0.25, 0.3) is 0 Å². The molecule has 3 N–H and O–H groups in total. The van der Waals surface area contributed by atoms with Crippen molar-refractivity contribution in [3.63, 3.8) is 0 Å². The lowest BCUT2D eigenvalue weighted by molar-refractivity contribution is 0.200. The average Bonchev–Trinajstić information content (AvgIpc) is 2.90. The van der Waals surface area contributed by atoms with Crippen LogP contribution in [0.15, 0.2) is 12.4 Å². The molecular weight excluding hydrogens is 342 g/mol. The molecule has 3 rings (SSSR count). The molecule has 0 spiro atoms. The Bertz CT molecular complexity index is 952. The van der Waals surface area contributed by atoms with Crippen molar-refractivity contribution in [2.24, 2.45) is 0 Å². The van der Waals surface area contributed by atoms with Crippen molar-refractivity contribution in [1.29, 1.82) is 0 Å². The van der Waals surface area contributed by atoms with Crippen molar-refractivity contribution >= 4 is 28.6 Å². The minimum absolute atomic E-state index is 0.0835. The normalized spacial score (nSPS) is 12.6. The number of hydrogen-bond donors (Lipinski definition) is 2. The van der Waals surface area contributed by atoms with Crippen LogP contribution >= 0.6 is 11.6 Å². The molecule has 3 aromatic rings. The van der Waals surface area contributed by atoms with Crippen LogP contribution in [-0.4, -0.2) is 31.7 Å². The molecule has 3 aromatic heterocycles. The summed E-state index contributed by atoms with van der Waals surface area (Å²) in [5, 5.41) is 10.9. The average molecular weight is 362 g/mol. The highest BCUT2D eigenvalue weighted by molar-refractivity contribution is 6.34. The molecule has 0 radical (unpaired) electrons. The summed E-state index contributed by atoms with van der Waals surface area (Å²) < 4.78 is 7.33. The minimum Gasteiger partial charge on any atom is -0.496 e. The van der Waals surface area contributed by atoms with Crippen LogP contribution < -0.4 is 10.5 Å². The third-order valence-corrected chi connectivity index (χ3v) is 4.51. The molecule has 3 heterocycles. The third-order valence-electron chi connectivity index (χ3n) is 4.24. The Morgan fingerprint density at radius 3 is 2.72 bits per heavy atom. The van der Waals surface area contributed by atoms with Crippen LogP contribution in [0.3, 0.4) is 0 Å². The zero-order chi connectivity index (χ0) is 18.3. The van der Waals surface area contributed by atoms with Crippen LogP contribution in [0.2, 0.25) is 5.15 Å². The van der Waals surface area contributed by atoms with E-state index in [-0.39, 0.29) is 11.1 Å². The highest BCUT2D eigenvalue weighted by Gasteiger charge is 2.19. The van der Waals surface area contributed by atoms with Gasteiger partial charge in [-0.25, -0.2) is 4.98 Å². The number of nitrogens with zero attached hydrogens (tertiary/aromatic N) is 4. The Kier molecular flexibility index (Phi) is 4.53. The van der Waals surface area contributed by atoms with Gasteiger partial charge in [0.1, 0.15) is 16.5 Å². The largest absolute Gasteiger partial charge is 0.496 e. The highest BCUT2D eigenvalue weighted by Crippen LogP contribution is 2.32. The zero-order valence-corrected chi connectivity index (χ0v) is 15.3. The van der Waals surface area contributed by atoms with Crippen molar-refractivity contribution in [2.75, 3.05) is 12.8 Å². The van der Waals surface area contributed by atoms with Gasteiger partial charge >= 0.3 is 0 Å². The molecule has 0 aliphatic rings. The van der Waals surface area contributed by atoms with Crippen molar-refractivity contribution in [3.05, 3.63) is 39.9 Å². The van der Waals surface area contributed by atoms with Gasteiger partial charge in [0.15, 0.2) is 0 Å². The topological polar surface area (TPSA) is 99.1 Å². The van der Waals surface area contributed by atoms with Gasteiger partial charge in [-0.1, -0.05) is 11.6 Å². The number of methoxy groups -OCH3 is 1. The number of nitrogen functional groups attached to an aromatic ring is 1. The molecule has 0 saturated heterocycles. The van der Waals surface area contributed by atoms with Gasteiger partial charge in [-0.2, -0.15) is 4.98 Å². The SMILES string of the molecule is COc1c(C)cnc(Cn2cc(C(C)O)c3c(Cl)nc(N)nc32)c1C. The summed E-state index contributed by atoms with van der Waals surface area (Å²) in [6.07, 6.45) is 2.87. The number of aliphatic hydroxyl groups is 1. The van der Waals surface area contributed by atoms with E-state index >= 15 is 0 Å². The summed E-state index contributed by atoms with van der Waals surface area (Å²) in [7, 11) is 1.64. The van der Waals surface area contributed by atoms with Crippen LogP contribution in [-0.2, 0) is 6.54 Å². The van der Waals surface area contributed by atoms with Gasteiger partial charge in [0.2, 0.25) is 5.95 Å². The smallest absolute Gasteiger partial charge is 0.223 e. The Morgan fingerprint density at radius 2 is 2.08 bits per heavy atom. The lowest BCUT2D eigenvalue weighted by Gasteiger charge is -2.13. The molecule has 7 nitrogen and oxygen atoms in total. The van der Waals surface area contributed by atoms with E-state index in [2.05, 4.69) is 15.0 Å². The Morgan fingerprint density at radius 1 is 1.36 bits per heavy atom. The van der Waals surface area contributed by atoms with Gasteiger partial charge in [-0.05, 0) is 20.8 Å². The molecular formula is C17H20ClN5O2. The summed E-state index contributed by atoms with van der Waals surface area (Å²) in [6, 6.07) is 0. The number of aliphatic hydroxyl groups excluding tert-OH is 1. The number of aryl methyl sites for hydroxylation is 1. The van der Waals surface area contributed by atoms with E-state index in [4.69, 9.17) is 22.1 Å². The van der Waals surface area contributed by atoms with Crippen LogP contribution in [0.5, 0.6) is 5.75 Å². The van der Waals surface area contributed by atoms with Crippen LogP contribution in [0.1, 0.15) is 35.4 Å². The third kappa shape index (κ3) is 3.01. The van der Waals surface area contributed by atoms with E-state index in [1.165, 1.54) is 0 Å². The number of nitrogens with two attached hydrogens (primary N) is 1. The second-order valence-corrected chi connectivity index (χ2v) is 6.36. The fourth-order valence-corrected chi connectivity index (χ4v) is 3.30. The lowest BCUT2D eigenvalue weighted by atomic mass is 10.1. The Hall–Kier alpha value is -2.38. The number of ether oxygens (including phenoxy) is 1. The molecule has 25 heavy (non-hydrogen) atoms. The predicted molar refractivity (Wildman–Crippen MR) is 96.9 cm³/mol. The molecule has 1 atom stereocenters. The van der Waals surface area contributed by atoms with E-state index in [1.807, 2.05) is 24.6 Å². The Balaban J connectivity index is 2.17. The molecule has 0 amide bonds. The minimum atomic E-state index is -0.713. The molecule has 8 heteroatoms. The standard InChI is InChI=1S/C17H20ClN5O2/c1-8-5-20-12(9(2)14(8)25-4)7-23-6-11(10(3)24)13-15(18)21-17(19)22-16(13)23/h5-6,10,24H,7H2,1-4H3,(H2,19,21,22). The number of rotatable bonds is 4. The van der Waals surface area contributed by atoms with Crippen molar-refractivity contribution in [3.8, 4) is 5.75 Å². The second-order valence-electron chi connectivity index (χ2n) is 6.01. The number of pyridine rings is 1. The number of halogens is 1. The van der Waals surface area contributed by atoms with Crippen LogP contribution in [0, 0.1) is 13.8 Å². The first-order valence-corrected chi connectivity index (χ1v) is 8.20. The van der Waals surface area contributed by atoms with E-state index in [0.29, 0.717) is 23.1 Å². The van der Waals surface area contributed by atoms with E-state index in [1.54, 1.807) is 20.2 Å². The first kappa shape index (κ1) is 17.4. The molecule has 1 unspecified atom stereocenters. The molecule has 0 aliphatic carbocycles. The molecule has 0 fully saturated rings. The van der Waals surface area contributed by atoms with Gasteiger partial charge in [-0.3, -0.25) is 4.98 Å². The zero-order valence-electron chi connectivity index (χ0n) is 14.5. The predicted octanol–water partition coefficient (Wildman–Crippen LogP) is 2.79. The van der Waals surface area contributed by atoms with E-state index in [9.17, 15) is 5.11 Å². The van der Waals surface area contributed by atoms with Gasteiger partial charge < -0.3 is 20.1 Å². The summed E-state index contributed by atoms with van der Waals surface area (Å²) in [4.78, 5) is 12.8. The lowest BCUT2D eigenvalue weighted by Crippen LogP contribution is -2.07. The van der Waals surface area contributed by atoms with Gasteiger partial charge in [0, 0.05) is 29.1 Å². The summed E-state index contributed by atoms with van der Waals surface area (Å²) in [5.41, 5.74) is 9.73. The maximum absolute atomic E-state index is 10.1. The maximum atomic E-state index is 10.1. The molecule has 0 aromatic carbocycles. The fourth-order valence-electron chi connectivity index (χ4n) is 3.02. The van der Waals surface area contributed by atoms with Crippen LogP contribution in [0.25, 0.3) is 11.0 Å². The number of anilines is 1. The number of hydrogen-bond acceptors (Lipinski definition) is 6. The van der Waals surface area contributed by atoms with Crippen molar-refractivity contribution in [1.82, 2.24) is 19.5 Å². The van der Waals surface area contributed by atoms with Crippen molar-refractivity contribution in [2.45, 2.75) is 33.4 Å². The van der Waals surface area contributed by atoms with Crippen molar-refractivity contribution < 1.29 is 9.84 Å². The first-order valence-electron chi connectivity index (χ1n) is 7.82. The fraction of sp³-hybridized carbons (Fsp3) is 0.353. The van der Waals surface area contributed by atoms with E-state index < -0.39 is 6.10 Å². The maximum Gasteiger partial charge on any atom is 0.223 e. The Labute approximate surface area is 150 Å². The van der Waals surface area contributed by atoms with Crippen LogP contribution in [0.4, 0.5) is 5.95 Å². The van der Waals surface area contributed by atoms with Gasteiger partial charge in [-0.15, -0.1) is 0 Å². The highest BCUT2D eigenvalue weighted by atomic mass is 35.5. The quantitative estimate of drug-likeness (QED) is 0.693. The molecule has 0 saturated carbocycles. The van der Waals surface area contributed by atoms with E-state index in [0.717, 1.165) is 22.6 Å². The first-order chi connectivity index (χ1) is 11.8. The molecule has 0 aliphatic heterocycles. The number of aromatic nitrogens is 4. The number of fused-ring (bicyclic) bond motifs is 1. The molecule has 132 valence electrons. The molecule has 0 bridgehead atoms. The second kappa shape index (κ2) is 6.50. The summed E-state index contributed by atoms with van der Waals surface area (Å²) in [5.74, 6) is 0.893. The van der Waals surface area contributed by atoms with Gasteiger partial charge in [0.05, 0.1) is 30.8 Å². The monoisotopic (exact) mass is 361 g/mol. The summed E-state index contributed by atoms with van der Waals surface area (Å²) >= 11 is 6.24.